The van der Waals surface area contributed by atoms with Gasteiger partial charge in [0.05, 0.1) is 39.5 Å². The molecule has 0 fully saturated rings. The molecular formula is C17H35NO4. The van der Waals surface area contributed by atoms with Crippen LogP contribution in [0.5, 0.6) is 0 Å². The molecule has 0 atom stereocenters. The molecule has 1 amide bonds. The summed E-state index contributed by atoms with van der Waals surface area (Å²) in [6.45, 7) is 12.9. The predicted molar refractivity (Wildman–Crippen MR) is 89.1 cm³/mol. The zero-order valence-corrected chi connectivity index (χ0v) is 15.2. The fraction of sp³-hybridized carbons (Fsp3) is 0.941. The molecule has 0 saturated carbocycles. The molecule has 0 aliphatic rings. The van der Waals surface area contributed by atoms with Crippen LogP contribution in [0.4, 0.5) is 0 Å². The lowest BCUT2D eigenvalue weighted by molar-refractivity contribution is -0.131. The van der Waals surface area contributed by atoms with E-state index in [1.54, 1.807) is 4.90 Å². The van der Waals surface area contributed by atoms with Crippen molar-refractivity contribution in [3.8, 4) is 0 Å². The molecule has 0 N–H and O–H groups in total. The molecule has 0 radical (unpaired) electrons. The van der Waals surface area contributed by atoms with Crippen molar-refractivity contribution in [1.82, 2.24) is 4.90 Å². The van der Waals surface area contributed by atoms with E-state index in [0.29, 0.717) is 39.5 Å². The number of carbonyl (C=O) groups excluding carboxylic acids is 1. The molecule has 0 aromatic carbocycles. The van der Waals surface area contributed by atoms with Crippen LogP contribution in [0.2, 0.25) is 0 Å². The van der Waals surface area contributed by atoms with Crippen LogP contribution in [0, 0.1) is 5.41 Å². The standard InChI is InChI=1S/C17H35NO4/c1-6-10-20-12-14-22-15-13-21-11-7-16(19)18(5)9-8-17(2,3)4/h6-15H2,1-5H3. The van der Waals surface area contributed by atoms with Crippen molar-refractivity contribution in [3.63, 3.8) is 0 Å². The normalized spacial score (nSPS) is 11.7. The van der Waals surface area contributed by atoms with Crippen molar-refractivity contribution in [3.05, 3.63) is 0 Å². The van der Waals surface area contributed by atoms with Crippen molar-refractivity contribution < 1.29 is 19.0 Å². The van der Waals surface area contributed by atoms with Crippen LogP contribution in [0.25, 0.3) is 0 Å². The van der Waals surface area contributed by atoms with E-state index in [-0.39, 0.29) is 11.3 Å². The van der Waals surface area contributed by atoms with Crippen molar-refractivity contribution >= 4 is 5.91 Å². The number of amides is 1. The molecule has 0 spiro atoms. The molecule has 132 valence electrons. The molecule has 5 heteroatoms. The van der Waals surface area contributed by atoms with Crippen LogP contribution in [-0.2, 0) is 19.0 Å². The van der Waals surface area contributed by atoms with Gasteiger partial charge >= 0.3 is 0 Å². The second-order valence-corrected chi connectivity index (χ2v) is 6.71. The molecule has 0 saturated heterocycles. The lowest BCUT2D eigenvalue weighted by Gasteiger charge is -2.23. The highest BCUT2D eigenvalue weighted by Crippen LogP contribution is 2.18. The van der Waals surface area contributed by atoms with Crippen LogP contribution in [0.15, 0.2) is 0 Å². The summed E-state index contributed by atoms with van der Waals surface area (Å²) in [5, 5.41) is 0. The third-order valence-corrected chi connectivity index (χ3v) is 3.18. The van der Waals surface area contributed by atoms with Gasteiger partial charge in [-0.15, -0.1) is 0 Å². The number of ether oxygens (including phenoxy) is 3. The van der Waals surface area contributed by atoms with E-state index < -0.39 is 0 Å². The maximum Gasteiger partial charge on any atom is 0.224 e. The van der Waals surface area contributed by atoms with Gasteiger partial charge in [0.25, 0.3) is 0 Å². The van der Waals surface area contributed by atoms with Gasteiger partial charge in [-0.1, -0.05) is 27.7 Å². The lowest BCUT2D eigenvalue weighted by Crippen LogP contribution is -2.30. The first kappa shape index (κ1) is 21.4. The zero-order valence-electron chi connectivity index (χ0n) is 15.2. The van der Waals surface area contributed by atoms with Crippen LogP contribution in [-0.4, -0.2) is 64.0 Å². The largest absolute Gasteiger partial charge is 0.379 e. The average molecular weight is 317 g/mol. The number of rotatable bonds is 13. The second kappa shape index (κ2) is 12.9. The average Bonchev–Trinajstić information content (AvgIpc) is 2.45. The Labute approximate surface area is 136 Å². The summed E-state index contributed by atoms with van der Waals surface area (Å²) in [4.78, 5) is 13.7. The third kappa shape index (κ3) is 14.3. The van der Waals surface area contributed by atoms with Crippen LogP contribution < -0.4 is 0 Å². The summed E-state index contributed by atoms with van der Waals surface area (Å²) in [7, 11) is 1.85. The fourth-order valence-electron chi connectivity index (χ4n) is 1.66. The van der Waals surface area contributed by atoms with E-state index >= 15 is 0 Å². The molecule has 0 aliphatic heterocycles. The molecule has 5 nitrogen and oxygen atoms in total. The Morgan fingerprint density at radius 1 is 0.909 bits per heavy atom. The minimum absolute atomic E-state index is 0.137. The summed E-state index contributed by atoms with van der Waals surface area (Å²) in [5.41, 5.74) is 0.253. The molecule has 0 aromatic rings. The highest BCUT2D eigenvalue weighted by atomic mass is 16.5. The number of carbonyl (C=O) groups is 1. The van der Waals surface area contributed by atoms with Crippen LogP contribution in [0.3, 0.4) is 0 Å². The molecule has 22 heavy (non-hydrogen) atoms. The van der Waals surface area contributed by atoms with E-state index in [9.17, 15) is 4.79 Å². The summed E-state index contributed by atoms with van der Waals surface area (Å²) >= 11 is 0. The quantitative estimate of drug-likeness (QED) is 0.490. The Hall–Kier alpha value is -0.650. The van der Waals surface area contributed by atoms with E-state index in [1.807, 2.05) is 7.05 Å². The first-order valence-corrected chi connectivity index (χ1v) is 8.34. The van der Waals surface area contributed by atoms with Gasteiger partial charge in [-0.05, 0) is 18.3 Å². The van der Waals surface area contributed by atoms with Crippen LogP contribution >= 0.6 is 0 Å². The van der Waals surface area contributed by atoms with Gasteiger partial charge in [0.2, 0.25) is 5.91 Å². The topological polar surface area (TPSA) is 48.0 Å². The minimum Gasteiger partial charge on any atom is -0.379 e. The number of nitrogens with zero attached hydrogens (tertiary/aromatic N) is 1. The molecule has 0 heterocycles. The number of hydrogen-bond acceptors (Lipinski definition) is 4. The highest BCUT2D eigenvalue weighted by molar-refractivity contribution is 5.75. The molecule has 0 aromatic heterocycles. The maximum absolute atomic E-state index is 11.9. The molecule has 0 unspecified atom stereocenters. The van der Waals surface area contributed by atoms with Gasteiger partial charge < -0.3 is 19.1 Å². The van der Waals surface area contributed by atoms with Gasteiger partial charge in [-0.2, -0.15) is 0 Å². The Morgan fingerprint density at radius 2 is 1.41 bits per heavy atom. The number of hydrogen-bond donors (Lipinski definition) is 0. The minimum atomic E-state index is 0.137. The maximum atomic E-state index is 11.9. The van der Waals surface area contributed by atoms with E-state index in [4.69, 9.17) is 14.2 Å². The first-order valence-electron chi connectivity index (χ1n) is 8.34. The molecule has 0 aliphatic carbocycles. The Morgan fingerprint density at radius 3 is 1.91 bits per heavy atom. The summed E-state index contributed by atoms with van der Waals surface area (Å²) in [6.07, 6.45) is 2.46. The summed E-state index contributed by atoms with van der Waals surface area (Å²) in [5.74, 6) is 0.137. The van der Waals surface area contributed by atoms with Gasteiger partial charge in [0, 0.05) is 20.2 Å². The van der Waals surface area contributed by atoms with Crippen LogP contribution in [0.1, 0.15) is 47.0 Å². The first-order chi connectivity index (χ1) is 10.4. The van der Waals surface area contributed by atoms with Crippen molar-refractivity contribution in [2.24, 2.45) is 5.41 Å². The third-order valence-electron chi connectivity index (χ3n) is 3.18. The smallest absolute Gasteiger partial charge is 0.224 e. The van der Waals surface area contributed by atoms with Crippen molar-refractivity contribution in [1.29, 1.82) is 0 Å². The van der Waals surface area contributed by atoms with E-state index in [0.717, 1.165) is 26.0 Å². The Bertz CT molecular complexity index is 276. The highest BCUT2D eigenvalue weighted by Gasteiger charge is 2.14. The van der Waals surface area contributed by atoms with Crippen molar-refractivity contribution in [2.75, 3.05) is 53.2 Å². The predicted octanol–water partition coefficient (Wildman–Crippen LogP) is 2.73. The zero-order chi connectivity index (χ0) is 16.8. The summed E-state index contributed by atoms with van der Waals surface area (Å²) in [6, 6.07) is 0. The monoisotopic (exact) mass is 317 g/mol. The lowest BCUT2D eigenvalue weighted by atomic mass is 9.92. The van der Waals surface area contributed by atoms with Crippen molar-refractivity contribution in [2.45, 2.75) is 47.0 Å². The van der Waals surface area contributed by atoms with Gasteiger partial charge in [-0.25, -0.2) is 0 Å². The van der Waals surface area contributed by atoms with E-state index in [2.05, 4.69) is 27.7 Å². The van der Waals surface area contributed by atoms with Gasteiger partial charge in [-0.3, -0.25) is 4.79 Å². The molecule has 0 rings (SSSR count). The fourth-order valence-corrected chi connectivity index (χ4v) is 1.66. The SMILES string of the molecule is CCCOCCOCCOCCC(=O)N(C)CCC(C)(C)C. The Kier molecular flexibility index (Phi) is 12.5. The molecular weight excluding hydrogens is 282 g/mol. The second-order valence-electron chi connectivity index (χ2n) is 6.71. The van der Waals surface area contributed by atoms with Gasteiger partial charge in [0.15, 0.2) is 0 Å². The molecule has 0 bridgehead atoms. The Balaban J connectivity index is 3.41. The van der Waals surface area contributed by atoms with Gasteiger partial charge in [0.1, 0.15) is 0 Å². The summed E-state index contributed by atoms with van der Waals surface area (Å²) < 4.78 is 16.1. The van der Waals surface area contributed by atoms with E-state index in [1.165, 1.54) is 0 Å².